The molecule has 0 fully saturated rings. The Kier molecular flexibility index (Phi) is 7.71. The van der Waals surface area contributed by atoms with Gasteiger partial charge in [-0.25, -0.2) is 4.39 Å². The molecule has 4 rings (SSSR count). The van der Waals surface area contributed by atoms with E-state index in [1.165, 1.54) is 23.5 Å². The van der Waals surface area contributed by atoms with Crippen LogP contribution in [0.4, 0.5) is 9.52 Å². The van der Waals surface area contributed by atoms with E-state index in [1.54, 1.807) is 28.0 Å². The first-order chi connectivity index (χ1) is 16.7. The molecule has 0 saturated carbocycles. The fourth-order valence-electron chi connectivity index (χ4n) is 3.87. The quantitative estimate of drug-likeness (QED) is 0.272. The molecular formula is C26H27FN4O2S2. The minimum absolute atomic E-state index is 0.205. The SMILES string of the molecule is CN(C)OCc1ccc(-c2ccc([C@H](c3cccc(F)c3)C(C)(C)C(=O)Nc3nncs3)s2)cc1. The van der Waals surface area contributed by atoms with Crippen LogP contribution in [0, 0.1) is 11.2 Å². The molecule has 0 bridgehead atoms. The fourth-order valence-corrected chi connectivity index (χ4v) is 5.64. The van der Waals surface area contributed by atoms with Crippen LogP contribution in [0.15, 0.2) is 66.2 Å². The molecule has 0 saturated heterocycles. The molecule has 4 aromatic rings. The largest absolute Gasteiger partial charge is 0.300 e. The van der Waals surface area contributed by atoms with Crippen molar-refractivity contribution in [1.29, 1.82) is 0 Å². The Morgan fingerprint density at radius 3 is 2.57 bits per heavy atom. The summed E-state index contributed by atoms with van der Waals surface area (Å²) < 4.78 is 14.2. The van der Waals surface area contributed by atoms with Crippen LogP contribution in [0.1, 0.15) is 35.8 Å². The highest BCUT2D eigenvalue weighted by atomic mass is 32.1. The van der Waals surface area contributed by atoms with Gasteiger partial charge in [-0.1, -0.05) is 61.6 Å². The van der Waals surface area contributed by atoms with Crippen LogP contribution in [-0.2, 0) is 16.2 Å². The first-order valence-corrected chi connectivity index (χ1v) is 12.8. The lowest BCUT2D eigenvalue weighted by atomic mass is 9.73. The summed E-state index contributed by atoms with van der Waals surface area (Å²) in [6.45, 7) is 4.25. The summed E-state index contributed by atoms with van der Waals surface area (Å²) in [5.74, 6) is -0.901. The minimum atomic E-state index is -0.894. The van der Waals surface area contributed by atoms with Gasteiger partial charge in [0, 0.05) is 29.8 Å². The van der Waals surface area contributed by atoms with E-state index >= 15 is 0 Å². The highest BCUT2D eigenvalue weighted by Gasteiger charge is 2.40. The molecular weight excluding hydrogens is 483 g/mol. The summed E-state index contributed by atoms with van der Waals surface area (Å²) in [5.41, 5.74) is 3.56. The molecule has 2 aromatic carbocycles. The number of amides is 1. The van der Waals surface area contributed by atoms with Gasteiger partial charge in [0.2, 0.25) is 11.0 Å². The number of nitrogens with zero attached hydrogens (tertiary/aromatic N) is 3. The van der Waals surface area contributed by atoms with Gasteiger partial charge >= 0.3 is 0 Å². The number of halogens is 1. The highest BCUT2D eigenvalue weighted by Crippen LogP contribution is 2.46. The molecule has 1 amide bonds. The zero-order chi connectivity index (χ0) is 25.0. The molecule has 0 radical (unpaired) electrons. The molecule has 0 spiro atoms. The zero-order valence-electron chi connectivity index (χ0n) is 20.0. The number of carbonyl (C=O) groups excluding carboxylic acids is 1. The number of carbonyl (C=O) groups is 1. The summed E-state index contributed by atoms with van der Waals surface area (Å²) in [4.78, 5) is 20.9. The number of hydrogen-bond donors (Lipinski definition) is 1. The predicted octanol–water partition coefficient (Wildman–Crippen LogP) is 6.20. The standard InChI is InChI=1S/C26H27FN4O2S2/c1-26(2,24(32)29-25-30-28-16-34-25)23(19-6-5-7-20(27)14-19)22-13-12-21(35-22)18-10-8-17(9-11-18)15-33-31(3)4/h5-14,16,23H,15H2,1-4H3,(H,29,30,32)/t23-/m0/s1. The molecule has 182 valence electrons. The molecule has 1 N–H and O–H groups in total. The van der Waals surface area contributed by atoms with Gasteiger partial charge in [-0.2, -0.15) is 5.06 Å². The predicted molar refractivity (Wildman–Crippen MR) is 139 cm³/mol. The van der Waals surface area contributed by atoms with E-state index < -0.39 is 5.41 Å². The van der Waals surface area contributed by atoms with Gasteiger partial charge in [-0.3, -0.25) is 9.63 Å². The van der Waals surface area contributed by atoms with E-state index in [1.807, 2.05) is 52.2 Å². The van der Waals surface area contributed by atoms with Crippen LogP contribution in [0.5, 0.6) is 0 Å². The summed E-state index contributed by atoms with van der Waals surface area (Å²) in [6.07, 6.45) is 0. The second kappa shape index (κ2) is 10.7. The third kappa shape index (κ3) is 5.99. The van der Waals surface area contributed by atoms with E-state index in [-0.39, 0.29) is 17.6 Å². The fraction of sp³-hybridized carbons (Fsp3) is 0.269. The molecule has 0 aliphatic heterocycles. The van der Waals surface area contributed by atoms with Gasteiger partial charge in [-0.05, 0) is 41.0 Å². The molecule has 9 heteroatoms. The number of nitrogens with one attached hydrogen (secondary N) is 1. The maximum Gasteiger partial charge on any atom is 0.232 e. The number of benzene rings is 2. The molecule has 2 heterocycles. The number of aromatic nitrogens is 2. The lowest BCUT2D eigenvalue weighted by molar-refractivity contribution is -0.130. The van der Waals surface area contributed by atoms with Crippen molar-refractivity contribution in [3.63, 3.8) is 0 Å². The van der Waals surface area contributed by atoms with Gasteiger partial charge < -0.3 is 5.32 Å². The highest BCUT2D eigenvalue weighted by molar-refractivity contribution is 7.15. The number of thiophene rings is 1. The summed E-state index contributed by atoms with van der Waals surface area (Å²) in [5, 5.41) is 12.7. The third-order valence-corrected chi connectivity index (χ3v) is 7.51. The topological polar surface area (TPSA) is 67.3 Å². The third-order valence-electron chi connectivity index (χ3n) is 5.71. The van der Waals surface area contributed by atoms with Crippen molar-refractivity contribution >= 4 is 33.7 Å². The van der Waals surface area contributed by atoms with Crippen molar-refractivity contribution < 1.29 is 14.0 Å². The van der Waals surface area contributed by atoms with Gasteiger partial charge in [0.25, 0.3) is 0 Å². The van der Waals surface area contributed by atoms with Crippen LogP contribution in [0.25, 0.3) is 10.4 Å². The molecule has 1 atom stereocenters. The van der Waals surface area contributed by atoms with Crippen molar-refractivity contribution in [2.75, 3.05) is 19.4 Å². The second-order valence-electron chi connectivity index (χ2n) is 8.89. The molecule has 0 unspecified atom stereocenters. The first-order valence-electron chi connectivity index (χ1n) is 11.1. The second-order valence-corrected chi connectivity index (χ2v) is 10.8. The first kappa shape index (κ1) is 25.1. The lowest BCUT2D eigenvalue weighted by Gasteiger charge is -2.32. The van der Waals surface area contributed by atoms with Gasteiger partial charge in [0.1, 0.15) is 11.3 Å². The Hall–Kier alpha value is -2.98. The molecule has 35 heavy (non-hydrogen) atoms. The summed E-state index contributed by atoms with van der Waals surface area (Å²) in [7, 11) is 3.71. The molecule has 0 aliphatic rings. The Balaban J connectivity index is 1.65. The van der Waals surface area contributed by atoms with E-state index in [2.05, 4.69) is 33.7 Å². The Morgan fingerprint density at radius 1 is 1.14 bits per heavy atom. The maximum atomic E-state index is 14.2. The van der Waals surface area contributed by atoms with Crippen molar-refractivity contribution in [3.05, 3.63) is 88.0 Å². The van der Waals surface area contributed by atoms with E-state index in [0.29, 0.717) is 11.7 Å². The number of anilines is 1. The van der Waals surface area contributed by atoms with Gasteiger partial charge in [0.05, 0.1) is 12.0 Å². The number of rotatable bonds is 9. The van der Waals surface area contributed by atoms with Gasteiger partial charge in [0.15, 0.2) is 0 Å². The van der Waals surface area contributed by atoms with Crippen molar-refractivity contribution in [1.82, 2.24) is 15.3 Å². The van der Waals surface area contributed by atoms with Crippen LogP contribution >= 0.6 is 22.7 Å². The van der Waals surface area contributed by atoms with E-state index in [9.17, 15) is 9.18 Å². The van der Waals surface area contributed by atoms with Crippen molar-refractivity contribution in [2.45, 2.75) is 26.4 Å². The van der Waals surface area contributed by atoms with Crippen LogP contribution in [-0.4, -0.2) is 35.3 Å². The molecule has 2 aromatic heterocycles. The normalized spacial score (nSPS) is 12.6. The average Bonchev–Trinajstić information content (AvgIpc) is 3.51. The average molecular weight is 511 g/mol. The molecule has 0 aliphatic carbocycles. The van der Waals surface area contributed by atoms with Crippen LogP contribution in [0.3, 0.4) is 0 Å². The van der Waals surface area contributed by atoms with Crippen LogP contribution < -0.4 is 5.32 Å². The van der Waals surface area contributed by atoms with Gasteiger partial charge in [-0.15, -0.1) is 21.5 Å². The lowest BCUT2D eigenvalue weighted by Crippen LogP contribution is -2.36. The number of hydroxylamine groups is 2. The monoisotopic (exact) mass is 510 g/mol. The Morgan fingerprint density at radius 2 is 1.91 bits per heavy atom. The summed E-state index contributed by atoms with van der Waals surface area (Å²) in [6, 6.07) is 18.8. The smallest absolute Gasteiger partial charge is 0.232 e. The van der Waals surface area contributed by atoms with Crippen molar-refractivity contribution in [2.24, 2.45) is 5.41 Å². The Labute approximate surface area is 212 Å². The minimum Gasteiger partial charge on any atom is -0.300 e. The van der Waals surface area contributed by atoms with Crippen molar-refractivity contribution in [3.8, 4) is 10.4 Å². The molecule has 6 nitrogen and oxygen atoms in total. The van der Waals surface area contributed by atoms with Crippen LogP contribution in [0.2, 0.25) is 0 Å². The maximum absolute atomic E-state index is 14.2. The van der Waals surface area contributed by atoms with E-state index in [4.69, 9.17) is 4.84 Å². The van der Waals surface area contributed by atoms with E-state index in [0.717, 1.165) is 26.4 Å². The zero-order valence-corrected chi connectivity index (χ0v) is 21.6. The summed E-state index contributed by atoms with van der Waals surface area (Å²) >= 11 is 2.86. The Bertz CT molecular complexity index is 1270. The number of hydrogen-bond acceptors (Lipinski definition) is 7.